The van der Waals surface area contributed by atoms with Crippen LogP contribution in [0.5, 0.6) is 5.75 Å². The first-order valence-electron chi connectivity index (χ1n) is 3.76. The second-order valence-electron chi connectivity index (χ2n) is 2.82. The number of rotatable bonds is 2. The van der Waals surface area contributed by atoms with E-state index in [1.165, 1.54) is 6.07 Å². The third-order valence-electron chi connectivity index (χ3n) is 1.75. The van der Waals surface area contributed by atoms with E-state index in [9.17, 15) is 9.50 Å². The Balaban J connectivity index is 0.00000144. The molecule has 1 atom stereocenters. The van der Waals surface area contributed by atoms with Gasteiger partial charge in [-0.1, -0.05) is 17.7 Å². The van der Waals surface area contributed by atoms with Crippen LogP contribution in [-0.2, 0) is 0 Å². The lowest BCUT2D eigenvalue weighted by Gasteiger charge is -2.09. The molecule has 0 heterocycles. The maximum Gasteiger partial charge on any atom is 0.120 e. The molecule has 0 saturated carbocycles. The number of hydrogen-bond donors (Lipinski definition) is 2. The average Bonchev–Trinajstić information content (AvgIpc) is 2.08. The first kappa shape index (κ1) is 12.2. The summed E-state index contributed by atoms with van der Waals surface area (Å²) in [6.07, 6.45) is 0. The largest absolute Gasteiger partial charge is 0.508 e. The predicted molar refractivity (Wildman–Crippen MR) is 53.0 cm³/mol. The number of benzene rings is 1. The van der Waals surface area contributed by atoms with Crippen molar-refractivity contribution < 1.29 is 9.50 Å². The third kappa shape index (κ3) is 2.86. The molecule has 0 unspecified atom stereocenters. The Morgan fingerprint density at radius 1 is 1.54 bits per heavy atom. The standard InChI is InChI=1S/C9H12FNO.ClH/c1-6-2-3-9(12)7(4-6)8(11)5-10;/h2-4,8,12H,5,11H2,1H3;1H/t8-;/m0./s1. The van der Waals surface area contributed by atoms with E-state index in [0.717, 1.165) is 5.56 Å². The van der Waals surface area contributed by atoms with E-state index in [2.05, 4.69) is 0 Å². The second kappa shape index (κ2) is 5.04. The Labute approximate surface area is 83.0 Å². The van der Waals surface area contributed by atoms with Crippen molar-refractivity contribution in [2.75, 3.05) is 6.67 Å². The molecular formula is C9H13ClFNO. The van der Waals surface area contributed by atoms with Gasteiger partial charge in [0.2, 0.25) is 0 Å². The van der Waals surface area contributed by atoms with Gasteiger partial charge in [0.05, 0.1) is 6.04 Å². The van der Waals surface area contributed by atoms with E-state index in [1.54, 1.807) is 12.1 Å². The van der Waals surface area contributed by atoms with Gasteiger partial charge in [0, 0.05) is 5.56 Å². The summed E-state index contributed by atoms with van der Waals surface area (Å²) in [5.74, 6) is 0.0609. The van der Waals surface area contributed by atoms with Crippen molar-refractivity contribution in [3.05, 3.63) is 29.3 Å². The molecule has 3 N–H and O–H groups in total. The van der Waals surface area contributed by atoms with Gasteiger partial charge >= 0.3 is 0 Å². The van der Waals surface area contributed by atoms with Crippen LogP contribution in [-0.4, -0.2) is 11.8 Å². The lowest BCUT2D eigenvalue weighted by atomic mass is 10.1. The highest BCUT2D eigenvalue weighted by atomic mass is 35.5. The van der Waals surface area contributed by atoms with Crippen LogP contribution in [0.3, 0.4) is 0 Å². The molecule has 1 aromatic carbocycles. The molecule has 0 amide bonds. The molecule has 74 valence electrons. The second-order valence-corrected chi connectivity index (χ2v) is 2.82. The highest BCUT2D eigenvalue weighted by Gasteiger charge is 2.09. The number of phenolic OH excluding ortho intramolecular Hbond substituents is 1. The van der Waals surface area contributed by atoms with Crippen LogP contribution in [0.2, 0.25) is 0 Å². The van der Waals surface area contributed by atoms with E-state index in [0.29, 0.717) is 5.56 Å². The van der Waals surface area contributed by atoms with E-state index in [-0.39, 0.29) is 18.2 Å². The summed E-state index contributed by atoms with van der Waals surface area (Å²) in [4.78, 5) is 0. The van der Waals surface area contributed by atoms with Gasteiger partial charge < -0.3 is 10.8 Å². The average molecular weight is 206 g/mol. The number of hydrogen-bond acceptors (Lipinski definition) is 2. The predicted octanol–water partition coefficient (Wildman–Crippen LogP) is 2.09. The summed E-state index contributed by atoms with van der Waals surface area (Å²) in [6, 6.07) is 4.26. The molecule has 1 aromatic rings. The van der Waals surface area contributed by atoms with Crippen LogP contribution in [0.15, 0.2) is 18.2 Å². The minimum Gasteiger partial charge on any atom is -0.508 e. The Hall–Kier alpha value is -0.800. The molecule has 0 radical (unpaired) electrons. The first-order valence-corrected chi connectivity index (χ1v) is 3.76. The van der Waals surface area contributed by atoms with Crippen LogP contribution in [0.25, 0.3) is 0 Å². The number of nitrogens with two attached hydrogens (primary N) is 1. The Morgan fingerprint density at radius 2 is 2.15 bits per heavy atom. The smallest absolute Gasteiger partial charge is 0.120 e. The number of aromatic hydroxyl groups is 1. The SMILES string of the molecule is Cc1ccc(O)c([C@@H](N)CF)c1.Cl. The fraction of sp³-hybridized carbons (Fsp3) is 0.333. The van der Waals surface area contributed by atoms with Crippen molar-refractivity contribution in [3.63, 3.8) is 0 Å². The fourth-order valence-corrected chi connectivity index (χ4v) is 1.05. The van der Waals surface area contributed by atoms with Gasteiger partial charge in [0.1, 0.15) is 12.4 Å². The summed E-state index contributed by atoms with van der Waals surface area (Å²) in [5, 5.41) is 9.29. The third-order valence-corrected chi connectivity index (χ3v) is 1.75. The number of halogens is 2. The van der Waals surface area contributed by atoms with Crippen molar-refractivity contribution in [1.29, 1.82) is 0 Å². The summed E-state index contributed by atoms with van der Waals surface area (Å²) < 4.78 is 12.1. The molecule has 0 aliphatic heterocycles. The van der Waals surface area contributed by atoms with E-state index in [4.69, 9.17) is 5.73 Å². The summed E-state index contributed by atoms with van der Waals surface area (Å²) >= 11 is 0. The summed E-state index contributed by atoms with van der Waals surface area (Å²) in [6.45, 7) is 1.21. The number of aryl methyl sites for hydroxylation is 1. The lowest BCUT2D eigenvalue weighted by Crippen LogP contribution is -2.12. The van der Waals surface area contributed by atoms with Crippen LogP contribution in [0, 0.1) is 6.92 Å². The van der Waals surface area contributed by atoms with Gasteiger partial charge in [-0.25, -0.2) is 4.39 Å². The lowest BCUT2D eigenvalue weighted by molar-refractivity contribution is 0.414. The van der Waals surface area contributed by atoms with Crippen LogP contribution in [0.4, 0.5) is 4.39 Å². The van der Waals surface area contributed by atoms with Crippen molar-refractivity contribution in [2.45, 2.75) is 13.0 Å². The molecule has 1 rings (SSSR count). The minimum absolute atomic E-state index is 0. The van der Waals surface area contributed by atoms with Crippen molar-refractivity contribution in [1.82, 2.24) is 0 Å². The van der Waals surface area contributed by atoms with Gasteiger partial charge in [-0.15, -0.1) is 12.4 Å². The quantitative estimate of drug-likeness (QED) is 0.777. The van der Waals surface area contributed by atoms with Gasteiger partial charge in [-0.3, -0.25) is 0 Å². The van der Waals surface area contributed by atoms with Gasteiger partial charge in [-0.05, 0) is 13.0 Å². The van der Waals surface area contributed by atoms with E-state index < -0.39 is 12.7 Å². The molecule has 0 saturated heterocycles. The Kier molecular flexibility index (Phi) is 4.73. The highest BCUT2D eigenvalue weighted by Crippen LogP contribution is 2.23. The molecule has 2 nitrogen and oxygen atoms in total. The molecule has 0 aromatic heterocycles. The zero-order valence-corrected chi connectivity index (χ0v) is 8.14. The van der Waals surface area contributed by atoms with Crippen molar-refractivity contribution in [2.24, 2.45) is 5.73 Å². The zero-order valence-electron chi connectivity index (χ0n) is 7.33. The molecule has 0 bridgehead atoms. The number of phenols is 1. The van der Waals surface area contributed by atoms with E-state index in [1.807, 2.05) is 6.92 Å². The molecule has 0 aliphatic carbocycles. The fourth-order valence-electron chi connectivity index (χ4n) is 1.05. The summed E-state index contributed by atoms with van der Waals surface area (Å²) in [5.41, 5.74) is 6.86. The van der Waals surface area contributed by atoms with Gasteiger partial charge in [0.25, 0.3) is 0 Å². The molecule has 0 aliphatic rings. The van der Waals surface area contributed by atoms with Crippen molar-refractivity contribution in [3.8, 4) is 5.75 Å². The Bertz CT molecular complexity index is 280. The molecule has 13 heavy (non-hydrogen) atoms. The number of alkyl halides is 1. The van der Waals surface area contributed by atoms with Crippen molar-refractivity contribution >= 4 is 12.4 Å². The Morgan fingerprint density at radius 3 is 2.69 bits per heavy atom. The highest BCUT2D eigenvalue weighted by molar-refractivity contribution is 5.85. The molecule has 0 fully saturated rings. The van der Waals surface area contributed by atoms with Crippen LogP contribution < -0.4 is 5.73 Å². The van der Waals surface area contributed by atoms with Gasteiger partial charge in [0.15, 0.2) is 0 Å². The van der Waals surface area contributed by atoms with Gasteiger partial charge in [-0.2, -0.15) is 0 Å². The van der Waals surface area contributed by atoms with Crippen LogP contribution in [0.1, 0.15) is 17.2 Å². The maximum atomic E-state index is 12.1. The summed E-state index contributed by atoms with van der Waals surface area (Å²) in [7, 11) is 0. The molecule has 4 heteroatoms. The topological polar surface area (TPSA) is 46.2 Å². The minimum atomic E-state index is -0.718. The van der Waals surface area contributed by atoms with Crippen LogP contribution >= 0.6 is 12.4 Å². The first-order chi connectivity index (χ1) is 5.65. The maximum absolute atomic E-state index is 12.1. The molecule has 0 spiro atoms. The van der Waals surface area contributed by atoms with E-state index >= 15 is 0 Å². The molecular weight excluding hydrogens is 193 g/mol. The monoisotopic (exact) mass is 205 g/mol. The normalized spacial score (nSPS) is 11.9. The zero-order chi connectivity index (χ0) is 9.14.